The number of fused-ring (bicyclic) bond motifs is 3. The van der Waals surface area contributed by atoms with E-state index < -0.39 is 18.0 Å². The molecule has 0 heterocycles. The monoisotopic (exact) mass is 410 g/mol. The van der Waals surface area contributed by atoms with Gasteiger partial charge in [-0.2, -0.15) is 0 Å². The third-order valence-electron chi connectivity index (χ3n) is 5.36. The third-order valence-corrected chi connectivity index (χ3v) is 5.36. The number of hydrogen-bond acceptors (Lipinski definition) is 4. The lowest BCUT2D eigenvalue weighted by atomic mass is 9.98. The molecule has 2 amide bonds. The number of nitrogens with one attached hydrogen (secondary N) is 1. The zero-order valence-corrected chi connectivity index (χ0v) is 17.1. The van der Waals surface area contributed by atoms with Crippen molar-refractivity contribution in [3.05, 3.63) is 59.7 Å². The van der Waals surface area contributed by atoms with Crippen LogP contribution < -0.4 is 5.32 Å². The fraction of sp³-hybridized carbons (Fsp3) is 0.348. The third kappa shape index (κ3) is 4.79. The van der Waals surface area contributed by atoms with Crippen LogP contribution in [-0.2, 0) is 14.3 Å². The van der Waals surface area contributed by atoms with Gasteiger partial charge >= 0.3 is 12.1 Å². The molecule has 2 aromatic rings. The first-order valence-corrected chi connectivity index (χ1v) is 9.94. The van der Waals surface area contributed by atoms with E-state index in [-0.39, 0.29) is 37.9 Å². The van der Waals surface area contributed by atoms with Crippen molar-refractivity contribution in [2.75, 3.05) is 26.7 Å². The van der Waals surface area contributed by atoms with Crippen LogP contribution in [0.15, 0.2) is 48.5 Å². The summed E-state index contributed by atoms with van der Waals surface area (Å²) in [6, 6.07) is 16.2. The van der Waals surface area contributed by atoms with E-state index in [1.165, 1.54) is 4.90 Å². The number of amides is 2. The van der Waals surface area contributed by atoms with Crippen molar-refractivity contribution in [1.29, 1.82) is 0 Å². The molecule has 1 aliphatic carbocycles. The summed E-state index contributed by atoms with van der Waals surface area (Å²) in [5.41, 5.74) is 4.58. The Morgan fingerprint density at radius 2 is 1.63 bits per heavy atom. The molecule has 3 rings (SSSR count). The number of carboxylic acids is 1. The van der Waals surface area contributed by atoms with Crippen LogP contribution in [0.25, 0.3) is 11.1 Å². The number of alkyl carbamates (subject to hydrolysis) is 1. The van der Waals surface area contributed by atoms with E-state index in [2.05, 4.69) is 29.6 Å². The minimum Gasteiger partial charge on any atom is -0.481 e. The normalized spacial score (nSPS) is 13.1. The molecular formula is C23H26N2O5. The second-order valence-corrected chi connectivity index (χ2v) is 7.51. The first-order chi connectivity index (χ1) is 14.4. The lowest BCUT2D eigenvalue weighted by molar-refractivity contribution is -0.138. The van der Waals surface area contributed by atoms with Crippen molar-refractivity contribution >= 4 is 18.0 Å². The molecule has 1 atom stereocenters. The average Bonchev–Trinajstić information content (AvgIpc) is 3.07. The Morgan fingerprint density at radius 1 is 1.07 bits per heavy atom. The molecule has 0 radical (unpaired) electrons. The van der Waals surface area contributed by atoms with Crippen LogP contribution in [0.2, 0.25) is 0 Å². The first kappa shape index (κ1) is 21.4. The molecule has 0 spiro atoms. The standard InChI is InChI=1S/C23H26N2O5/c1-15(22(28)25(2)12-11-21(26)27)13-24-23(29)30-14-20-18-9-5-3-7-16(18)17-8-4-6-10-19(17)20/h3-10,15,20H,11-14H2,1-2H3,(H,24,29)(H,26,27). The Bertz CT molecular complexity index is 897. The van der Waals surface area contributed by atoms with Gasteiger partial charge in [0, 0.05) is 26.1 Å². The highest BCUT2D eigenvalue weighted by molar-refractivity contribution is 5.80. The van der Waals surface area contributed by atoms with Gasteiger partial charge in [-0.1, -0.05) is 55.5 Å². The zero-order valence-electron chi connectivity index (χ0n) is 17.1. The number of aliphatic carboxylic acids is 1. The average molecular weight is 410 g/mol. The molecule has 0 fully saturated rings. The van der Waals surface area contributed by atoms with Crippen LogP contribution in [-0.4, -0.2) is 54.7 Å². The van der Waals surface area contributed by atoms with Crippen molar-refractivity contribution in [1.82, 2.24) is 10.2 Å². The molecule has 7 heteroatoms. The summed E-state index contributed by atoms with van der Waals surface area (Å²) >= 11 is 0. The predicted octanol–water partition coefficient (Wildman–Crippen LogP) is 3.09. The molecule has 2 aromatic carbocycles. The smallest absolute Gasteiger partial charge is 0.407 e. The van der Waals surface area contributed by atoms with Crippen LogP contribution in [0.3, 0.4) is 0 Å². The van der Waals surface area contributed by atoms with Crippen molar-refractivity contribution in [3.8, 4) is 11.1 Å². The highest BCUT2D eigenvalue weighted by Gasteiger charge is 2.29. The molecular weight excluding hydrogens is 384 g/mol. The van der Waals surface area contributed by atoms with Gasteiger partial charge in [0.2, 0.25) is 5.91 Å². The van der Waals surface area contributed by atoms with Crippen molar-refractivity contribution in [2.45, 2.75) is 19.3 Å². The van der Waals surface area contributed by atoms with E-state index in [1.807, 2.05) is 24.3 Å². The Kier molecular flexibility index (Phi) is 6.72. The summed E-state index contributed by atoms with van der Waals surface area (Å²) in [5, 5.41) is 11.3. The fourth-order valence-electron chi connectivity index (χ4n) is 3.72. The van der Waals surface area contributed by atoms with Crippen LogP contribution in [0.5, 0.6) is 0 Å². The minimum absolute atomic E-state index is 0.0237. The number of nitrogens with zero attached hydrogens (tertiary/aromatic N) is 1. The van der Waals surface area contributed by atoms with Gasteiger partial charge in [0.15, 0.2) is 0 Å². The topological polar surface area (TPSA) is 95.9 Å². The van der Waals surface area contributed by atoms with Crippen molar-refractivity contribution in [3.63, 3.8) is 0 Å². The Hall–Kier alpha value is -3.35. The molecule has 2 N–H and O–H groups in total. The van der Waals surface area contributed by atoms with Gasteiger partial charge in [0.1, 0.15) is 6.61 Å². The summed E-state index contributed by atoms with van der Waals surface area (Å²) in [6.45, 7) is 2.14. The van der Waals surface area contributed by atoms with Gasteiger partial charge in [-0.3, -0.25) is 9.59 Å². The van der Waals surface area contributed by atoms with Gasteiger partial charge in [-0.15, -0.1) is 0 Å². The minimum atomic E-state index is -0.959. The lowest BCUT2D eigenvalue weighted by Gasteiger charge is -2.21. The SMILES string of the molecule is CC(CNC(=O)OCC1c2ccccc2-c2ccccc21)C(=O)N(C)CCC(=O)O. The van der Waals surface area contributed by atoms with Gasteiger partial charge in [-0.25, -0.2) is 4.79 Å². The summed E-state index contributed by atoms with van der Waals surface area (Å²) in [4.78, 5) is 36.4. The number of benzene rings is 2. The van der Waals surface area contributed by atoms with Gasteiger partial charge < -0.3 is 20.1 Å². The quantitative estimate of drug-likeness (QED) is 0.697. The van der Waals surface area contributed by atoms with Gasteiger partial charge in [0.05, 0.1) is 12.3 Å². The maximum atomic E-state index is 12.3. The van der Waals surface area contributed by atoms with Gasteiger partial charge in [0.25, 0.3) is 0 Å². The van der Waals surface area contributed by atoms with Crippen molar-refractivity contribution < 1.29 is 24.2 Å². The largest absolute Gasteiger partial charge is 0.481 e. The van der Waals surface area contributed by atoms with Crippen LogP contribution in [0.1, 0.15) is 30.4 Å². The molecule has 30 heavy (non-hydrogen) atoms. The summed E-state index contributed by atoms with van der Waals surface area (Å²) in [7, 11) is 1.55. The Morgan fingerprint density at radius 3 is 2.20 bits per heavy atom. The number of carbonyl (C=O) groups is 3. The zero-order chi connectivity index (χ0) is 21.7. The van der Waals surface area contributed by atoms with Crippen LogP contribution >= 0.6 is 0 Å². The maximum Gasteiger partial charge on any atom is 0.407 e. The number of carboxylic acid groups (broad SMARTS) is 1. The summed E-state index contributed by atoms with van der Waals surface area (Å²) < 4.78 is 5.46. The molecule has 0 saturated carbocycles. The second kappa shape index (κ2) is 9.43. The lowest BCUT2D eigenvalue weighted by Crippen LogP contribution is -2.39. The summed E-state index contributed by atoms with van der Waals surface area (Å²) in [5.74, 6) is -1.69. The molecule has 0 bridgehead atoms. The van der Waals surface area contributed by atoms with E-state index >= 15 is 0 Å². The summed E-state index contributed by atoms with van der Waals surface area (Å²) in [6.07, 6.45) is -0.695. The maximum absolute atomic E-state index is 12.3. The second-order valence-electron chi connectivity index (χ2n) is 7.51. The molecule has 7 nitrogen and oxygen atoms in total. The van der Waals surface area contributed by atoms with E-state index in [1.54, 1.807) is 14.0 Å². The van der Waals surface area contributed by atoms with Crippen molar-refractivity contribution in [2.24, 2.45) is 5.92 Å². The van der Waals surface area contributed by atoms with E-state index in [0.29, 0.717) is 0 Å². The highest BCUT2D eigenvalue weighted by atomic mass is 16.5. The molecule has 0 saturated heterocycles. The van der Waals surface area contributed by atoms with Crippen LogP contribution in [0.4, 0.5) is 4.79 Å². The van der Waals surface area contributed by atoms with E-state index in [0.717, 1.165) is 22.3 Å². The number of hydrogen-bond donors (Lipinski definition) is 2. The van der Waals surface area contributed by atoms with E-state index in [9.17, 15) is 14.4 Å². The molecule has 158 valence electrons. The number of rotatable bonds is 8. The Balaban J connectivity index is 1.52. The number of ether oxygens (including phenoxy) is 1. The molecule has 0 aromatic heterocycles. The molecule has 0 aliphatic heterocycles. The number of carbonyl (C=O) groups excluding carboxylic acids is 2. The molecule has 1 unspecified atom stereocenters. The van der Waals surface area contributed by atoms with Crippen LogP contribution in [0, 0.1) is 5.92 Å². The molecule has 1 aliphatic rings. The highest BCUT2D eigenvalue weighted by Crippen LogP contribution is 2.44. The van der Waals surface area contributed by atoms with E-state index in [4.69, 9.17) is 9.84 Å². The first-order valence-electron chi connectivity index (χ1n) is 9.94. The Labute approximate surface area is 175 Å². The predicted molar refractivity (Wildman–Crippen MR) is 112 cm³/mol. The van der Waals surface area contributed by atoms with Gasteiger partial charge in [-0.05, 0) is 22.3 Å². The fourth-order valence-corrected chi connectivity index (χ4v) is 3.72.